The van der Waals surface area contributed by atoms with Crippen LogP contribution in [0.15, 0.2) is 23.3 Å². The van der Waals surface area contributed by atoms with Gasteiger partial charge >= 0.3 is 6.18 Å². The monoisotopic (exact) mass is 306 g/mol. The van der Waals surface area contributed by atoms with E-state index < -0.39 is 20.9 Å². The van der Waals surface area contributed by atoms with Crippen molar-refractivity contribution < 1.29 is 17.6 Å². The predicted molar refractivity (Wildman–Crippen MR) is 79.2 cm³/mol. The van der Waals surface area contributed by atoms with Gasteiger partial charge in [0.1, 0.15) is 0 Å². The zero-order chi connectivity index (χ0) is 15.9. The first-order valence-corrected chi connectivity index (χ1v) is 9.78. The highest BCUT2D eigenvalue weighted by Gasteiger charge is 2.42. The first-order valence-electron chi connectivity index (χ1n) is 6.87. The molecule has 0 bridgehead atoms. The summed E-state index contributed by atoms with van der Waals surface area (Å²) in [7, 11) is -1.99. The number of hydrogen-bond donors (Lipinski definition) is 0. The Balaban J connectivity index is 2.93. The van der Waals surface area contributed by atoms with Crippen LogP contribution in [0, 0.1) is 0 Å². The minimum atomic E-state index is -4.19. The Labute approximate surface area is 121 Å². The lowest BCUT2D eigenvalue weighted by Gasteiger charge is -2.38. The largest absolute Gasteiger partial charge is 0.410 e. The van der Waals surface area contributed by atoms with Gasteiger partial charge in [-0.05, 0) is 41.8 Å². The van der Waals surface area contributed by atoms with Gasteiger partial charge in [-0.3, -0.25) is 0 Å². The zero-order valence-corrected chi connectivity index (χ0v) is 14.2. The van der Waals surface area contributed by atoms with Crippen molar-refractivity contribution in [3.05, 3.63) is 23.3 Å². The van der Waals surface area contributed by atoms with E-state index in [9.17, 15) is 13.2 Å². The molecule has 1 atom stereocenters. The molecule has 0 aliphatic heterocycles. The molecular formula is C15H25F3OSi. The Bertz CT molecular complexity index is 427. The second-order valence-corrected chi connectivity index (χ2v) is 11.9. The third kappa shape index (κ3) is 3.98. The third-order valence-electron chi connectivity index (χ3n) is 4.44. The summed E-state index contributed by atoms with van der Waals surface area (Å²) < 4.78 is 44.0. The second-order valence-electron chi connectivity index (χ2n) is 7.13. The molecule has 1 rings (SSSR count). The number of halogens is 3. The lowest BCUT2D eigenvalue weighted by molar-refractivity contribution is -0.126. The summed E-state index contributed by atoms with van der Waals surface area (Å²) in [6, 6.07) is 0. The molecule has 0 saturated carbocycles. The Kier molecular flexibility index (Phi) is 4.67. The van der Waals surface area contributed by atoms with Crippen LogP contribution in [0.1, 0.15) is 40.5 Å². The zero-order valence-electron chi connectivity index (χ0n) is 13.2. The average molecular weight is 306 g/mol. The van der Waals surface area contributed by atoms with Crippen LogP contribution in [0.4, 0.5) is 13.2 Å². The maximum absolute atomic E-state index is 12.6. The fourth-order valence-electron chi connectivity index (χ4n) is 2.10. The molecule has 1 aliphatic rings. The van der Waals surface area contributed by atoms with Crippen molar-refractivity contribution in [2.24, 2.45) is 0 Å². The van der Waals surface area contributed by atoms with E-state index in [1.54, 1.807) is 6.92 Å². The molecule has 116 valence electrons. The topological polar surface area (TPSA) is 9.23 Å². The molecule has 0 saturated heterocycles. The van der Waals surface area contributed by atoms with Crippen LogP contribution in [-0.2, 0) is 4.43 Å². The van der Waals surface area contributed by atoms with E-state index in [1.807, 2.05) is 0 Å². The molecule has 0 aromatic rings. The van der Waals surface area contributed by atoms with Crippen molar-refractivity contribution in [2.45, 2.75) is 70.9 Å². The Hall–Kier alpha value is -0.553. The van der Waals surface area contributed by atoms with Crippen LogP contribution in [0.5, 0.6) is 0 Å². The number of alkyl halides is 3. The minimum absolute atomic E-state index is 0.0430. The maximum Gasteiger partial charge on any atom is 0.393 e. The van der Waals surface area contributed by atoms with Gasteiger partial charge in [0.15, 0.2) is 8.32 Å². The molecule has 0 fully saturated rings. The third-order valence-corrected chi connectivity index (χ3v) is 8.92. The molecule has 1 unspecified atom stereocenters. The van der Waals surface area contributed by atoms with Crippen LogP contribution in [0.2, 0.25) is 18.1 Å². The van der Waals surface area contributed by atoms with Gasteiger partial charge in [0.05, 0.1) is 12.5 Å². The summed E-state index contributed by atoms with van der Waals surface area (Å²) in [5, 5.41) is 0.0430. The molecule has 0 heterocycles. The summed E-state index contributed by atoms with van der Waals surface area (Å²) in [6.45, 7) is 16.1. The summed E-state index contributed by atoms with van der Waals surface area (Å²) >= 11 is 0. The number of rotatable bonds is 3. The highest BCUT2D eigenvalue weighted by molar-refractivity contribution is 6.74. The second kappa shape index (κ2) is 5.33. The summed E-state index contributed by atoms with van der Waals surface area (Å²) in [4.78, 5) is 0. The maximum atomic E-state index is 12.6. The van der Waals surface area contributed by atoms with Crippen LogP contribution < -0.4 is 0 Å². The van der Waals surface area contributed by atoms with Crippen molar-refractivity contribution in [2.75, 3.05) is 0 Å². The van der Waals surface area contributed by atoms with E-state index in [4.69, 9.17) is 4.43 Å². The van der Waals surface area contributed by atoms with Crippen molar-refractivity contribution in [3.63, 3.8) is 0 Å². The van der Waals surface area contributed by atoms with Gasteiger partial charge in [-0.2, -0.15) is 13.2 Å². The molecule has 0 radical (unpaired) electrons. The van der Waals surface area contributed by atoms with Crippen molar-refractivity contribution in [3.8, 4) is 0 Å². The Morgan fingerprint density at radius 1 is 1.25 bits per heavy atom. The highest BCUT2D eigenvalue weighted by atomic mass is 28.4. The smallest absolute Gasteiger partial charge is 0.393 e. The summed E-state index contributed by atoms with van der Waals surface area (Å²) in [5.74, 6) is 0. The SMILES string of the molecule is C=C1CC(O[Si](C)(C)C(C)(C)C)C(C)=C1CC(F)(F)F. The lowest BCUT2D eigenvalue weighted by atomic mass is 10.1. The Morgan fingerprint density at radius 3 is 2.15 bits per heavy atom. The van der Waals surface area contributed by atoms with Gasteiger partial charge in [-0.15, -0.1) is 0 Å². The van der Waals surface area contributed by atoms with E-state index >= 15 is 0 Å². The van der Waals surface area contributed by atoms with E-state index in [1.165, 1.54) is 0 Å². The first kappa shape index (κ1) is 17.5. The van der Waals surface area contributed by atoms with Crippen LogP contribution in [0.3, 0.4) is 0 Å². The molecule has 0 N–H and O–H groups in total. The van der Waals surface area contributed by atoms with E-state index in [-0.39, 0.29) is 11.1 Å². The highest BCUT2D eigenvalue weighted by Crippen LogP contribution is 2.43. The van der Waals surface area contributed by atoms with Crippen molar-refractivity contribution >= 4 is 8.32 Å². The van der Waals surface area contributed by atoms with Gasteiger partial charge < -0.3 is 4.43 Å². The first-order chi connectivity index (χ1) is 8.74. The molecule has 20 heavy (non-hydrogen) atoms. The van der Waals surface area contributed by atoms with Gasteiger partial charge in [0, 0.05) is 6.42 Å². The van der Waals surface area contributed by atoms with Gasteiger partial charge in [-0.1, -0.05) is 27.4 Å². The van der Waals surface area contributed by atoms with Crippen LogP contribution in [-0.4, -0.2) is 20.6 Å². The van der Waals surface area contributed by atoms with Crippen LogP contribution >= 0.6 is 0 Å². The molecule has 5 heteroatoms. The number of hydrogen-bond acceptors (Lipinski definition) is 1. The van der Waals surface area contributed by atoms with Gasteiger partial charge in [0.2, 0.25) is 0 Å². The standard InChI is InChI=1S/C15H25F3OSi/c1-10-8-13(19-20(6,7)14(3,4)5)11(2)12(10)9-15(16,17)18/h13H,1,8-9H2,2-7H3. The van der Waals surface area contributed by atoms with E-state index in [2.05, 4.69) is 40.4 Å². The molecule has 0 aromatic carbocycles. The number of allylic oxidation sites excluding steroid dienone is 1. The minimum Gasteiger partial charge on any atom is -0.410 e. The normalized spacial score (nSPS) is 21.9. The average Bonchev–Trinajstić information content (AvgIpc) is 2.41. The van der Waals surface area contributed by atoms with Crippen molar-refractivity contribution in [1.82, 2.24) is 0 Å². The summed E-state index contributed by atoms with van der Waals surface area (Å²) in [5.41, 5.74) is 1.61. The molecule has 0 amide bonds. The quantitative estimate of drug-likeness (QED) is 0.616. The molecule has 1 nitrogen and oxygen atoms in total. The molecule has 0 spiro atoms. The predicted octanol–water partition coefficient (Wildman–Crippen LogP) is 5.61. The molecule has 1 aliphatic carbocycles. The summed E-state index contributed by atoms with van der Waals surface area (Å²) in [6.07, 6.45) is -4.83. The lowest BCUT2D eigenvalue weighted by Crippen LogP contribution is -2.43. The molecule has 0 aromatic heterocycles. The van der Waals surface area contributed by atoms with E-state index in [0.29, 0.717) is 23.1 Å². The van der Waals surface area contributed by atoms with Crippen molar-refractivity contribution in [1.29, 1.82) is 0 Å². The molecular weight excluding hydrogens is 281 g/mol. The van der Waals surface area contributed by atoms with Gasteiger partial charge in [0.25, 0.3) is 0 Å². The fourth-order valence-corrected chi connectivity index (χ4v) is 3.43. The Morgan fingerprint density at radius 2 is 1.75 bits per heavy atom. The van der Waals surface area contributed by atoms with Gasteiger partial charge in [-0.25, -0.2) is 0 Å². The van der Waals surface area contributed by atoms with E-state index in [0.717, 1.165) is 0 Å². The fraction of sp³-hybridized carbons (Fsp3) is 0.733. The van der Waals surface area contributed by atoms with Crippen LogP contribution in [0.25, 0.3) is 0 Å².